The molecule has 1 aromatic carbocycles. The Hall–Kier alpha value is -1.66. The van der Waals surface area contributed by atoms with Gasteiger partial charge in [-0.05, 0) is 33.8 Å². The van der Waals surface area contributed by atoms with Crippen molar-refractivity contribution in [1.82, 2.24) is 4.90 Å². The third-order valence-electron chi connectivity index (χ3n) is 3.63. The average molecular weight is 325 g/mol. The first-order valence-corrected chi connectivity index (χ1v) is 7.70. The molecule has 0 bridgehead atoms. The van der Waals surface area contributed by atoms with Gasteiger partial charge in [0.2, 0.25) is 0 Å². The zero-order valence-corrected chi connectivity index (χ0v) is 14.0. The number of halogens is 1. The van der Waals surface area contributed by atoms with Crippen LogP contribution >= 0.6 is 0 Å². The fourth-order valence-electron chi connectivity index (χ4n) is 2.53. The van der Waals surface area contributed by atoms with Crippen LogP contribution in [0.25, 0.3) is 0 Å². The number of hydrogen-bond donors (Lipinski definition) is 1. The van der Waals surface area contributed by atoms with Gasteiger partial charge in [-0.25, -0.2) is 9.18 Å². The summed E-state index contributed by atoms with van der Waals surface area (Å²) in [5.41, 5.74) is 0.356. The molecule has 2 rings (SSSR count). The molecule has 1 aliphatic rings. The Kier molecular flexibility index (Phi) is 5.26. The van der Waals surface area contributed by atoms with Gasteiger partial charge in [-0.15, -0.1) is 0 Å². The summed E-state index contributed by atoms with van der Waals surface area (Å²) in [6.45, 7) is 7.93. The summed E-state index contributed by atoms with van der Waals surface area (Å²) in [6, 6.07) is 3.85. The van der Waals surface area contributed by atoms with Crippen molar-refractivity contribution in [2.75, 3.05) is 19.8 Å². The maximum atomic E-state index is 14.0. The van der Waals surface area contributed by atoms with E-state index in [1.54, 1.807) is 32.9 Å². The third kappa shape index (κ3) is 4.42. The van der Waals surface area contributed by atoms with Crippen molar-refractivity contribution in [2.24, 2.45) is 0 Å². The smallest absolute Gasteiger partial charge is 0.410 e. The molecule has 0 spiro atoms. The summed E-state index contributed by atoms with van der Waals surface area (Å²) < 4.78 is 24.8. The van der Waals surface area contributed by atoms with Gasteiger partial charge in [-0.2, -0.15) is 0 Å². The molecule has 1 saturated heterocycles. The number of rotatable bonds is 2. The standard InChI is InChI=1S/C17H24FNO4/c1-11-5-6-13(18)12(9-11)15(20)14-10-22-8-7-19(14)16(21)23-17(2,3)4/h5-6,9,14-15,20H,7-8,10H2,1-4H3. The summed E-state index contributed by atoms with van der Waals surface area (Å²) in [5.74, 6) is -0.502. The third-order valence-corrected chi connectivity index (χ3v) is 3.63. The number of ether oxygens (including phenoxy) is 2. The minimum absolute atomic E-state index is 0.133. The van der Waals surface area contributed by atoms with Crippen LogP contribution in [0, 0.1) is 12.7 Å². The summed E-state index contributed by atoms with van der Waals surface area (Å²) >= 11 is 0. The van der Waals surface area contributed by atoms with Gasteiger partial charge < -0.3 is 14.6 Å². The largest absolute Gasteiger partial charge is 0.444 e. The molecular formula is C17H24FNO4. The lowest BCUT2D eigenvalue weighted by Gasteiger charge is -2.39. The van der Waals surface area contributed by atoms with Gasteiger partial charge in [0, 0.05) is 12.1 Å². The Morgan fingerprint density at radius 3 is 2.83 bits per heavy atom. The normalized spacial score (nSPS) is 20.3. The maximum absolute atomic E-state index is 14.0. The van der Waals surface area contributed by atoms with E-state index in [1.807, 2.05) is 6.92 Å². The van der Waals surface area contributed by atoms with Gasteiger partial charge in [0.05, 0.1) is 19.3 Å². The molecule has 0 aliphatic carbocycles. The van der Waals surface area contributed by atoms with Gasteiger partial charge in [0.1, 0.15) is 17.5 Å². The number of amides is 1. The molecule has 0 aromatic heterocycles. The Morgan fingerprint density at radius 2 is 2.17 bits per heavy atom. The molecule has 1 aliphatic heterocycles. The van der Waals surface area contributed by atoms with E-state index in [-0.39, 0.29) is 12.2 Å². The first kappa shape index (κ1) is 17.7. The van der Waals surface area contributed by atoms with E-state index in [0.717, 1.165) is 5.56 Å². The molecule has 0 radical (unpaired) electrons. The minimum atomic E-state index is -1.18. The van der Waals surface area contributed by atoms with Crippen LogP contribution in [0.15, 0.2) is 18.2 Å². The zero-order valence-electron chi connectivity index (χ0n) is 14.0. The topological polar surface area (TPSA) is 59.0 Å². The van der Waals surface area contributed by atoms with Gasteiger partial charge in [-0.1, -0.05) is 17.7 Å². The highest BCUT2D eigenvalue weighted by molar-refractivity contribution is 5.69. The van der Waals surface area contributed by atoms with Gasteiger partial charge in [0.25, 0.3) is 0 Å². The van der Waals surface area contributed by atoms with Crippen molar-refractivity contribution < 1.29 is 23.8 Å². The zero-order chi connectivity index (χ0) is 17.2. The second-order valence-corrected chi connectivity index (χ2v) is 6.79. The number of aryl methyl sites for hydroxylation is 1. The Balaban J connectivity index is 2.23. The second-order valence-electron chi connectivity index (χ2n) is 6.79. The van der Waals surface area contributed by atoms with E-state index >= 15 is 0 Å². The maximum Gasteiger partial charge on any atom is 0.410 e. The molecule has 2 atom stereocenters. The van der Waals surface area contributed by atoms with E-state index < -0.39 is 29.7 Å². The number of hydrogen-bond acceptors (Lipinski definition) is 4. The van der Waals surface area contributed by atoms with E-state index in [9.17, 15) is 14.3 Å². The summed E-state index contributed by atoms with van der Waals surface area (Å²) in [7, 11) is 0. The molecular weight excluding hydrogens is 301 g/mol. The predicted molar refractivity (Wildman–Crippen MR) is 83.6 cm³/mol. The Bertz CT molecular complexity index is 570. The lowest BCUT2D eigenvalue weighted by molar-refractivity contribution is -0.0679. The van der Waals surface area contributed by atoms with Crippen molar-refractivity contribution in [2.45, 2.75) is 45.4 Å². The van der Waals surface area contributed by atoms with E-state index in [2.05, 4.69) is 0 Å². The van der Waals surface area contributed by atoms with Crippen LogP contribution in [0.3, 0.4) is 0 Å². The van der Waals surface area contributed by atoms with Crippen LogP contribution in [-0.2, 0) is 9.47 Å². The quantitative estimate of drug-likeness (QED) is 0.908. The molecule has 1 aromatic rings. The Labute approximate surface area is 136 Å². The molecule has 5 nitrogen and oxygen atoms in total. The predicted octanol–water partition coefficient (Wildman–Crippen LogP) is 2.80. The fourth-order valence-corrected chi connectivity index (χ4v) is 2.53. The molecule has 23 heavy (non-hydrogen) atoms. The summed E-state index contributed by atoms with van der Waals surface area (Å²) in [4.78, 5) is 13.8. The number of carbonyl (C=O) groups excluding carboxylic acids is 1. The molecule has 0 saturated carbocycles. The van der Waals surface area contributed by atoms with Crippen LogP contribution < -0.4 is 0 Å². The van der Waals surface area contributed by atoms with Gasteiger partial charge >= 0.3 is 6.09 Å². The lowest BCUT2D eigenvalue weighted by Crippen LogP contribution is -2.52. The summed E-state index contributed by atoms with van der Waals surface area (Å²) in [5, 5.41) is 10.6. The second kappa shape index (κ2) is 6.84. The first-order valence-electron chi connectivity index (χ1n) is 7.70. The first-order chi connectivity index (χ1) is 10.7. The van der Waals surface area contributed by atoms with Crippen molar-refractivity contribution in [1.29, 1.82) is 0 Å². The van der Waals surface area contributed by atoms with Crippen LogP contribution in [-0.4, -0.2) is 47.5 Å². The van der Waals surface area contributed by atoms with Crippen molar-refractivity contribution >= 4 is 6.09 Å². The number of carbonyl (C=O) groups is 1. The number of aliphatic hydroxyl groups excluding tert-OH is 1. The van der Waals surface area contributed by atoms with Crippen molar-refractivity contribution in [3.63, 3.8) is 0 Å². The van der Waals surface area contributed by atoms with Crippen LogP contribution in [0.5, 0.6) is 0 Å². The van der Waals surface area contributed by atoms with Crippen LogP contribution in [0.1, 0.15) is 38.0 Å². The van der Waals surface area contributed by atoms with Crippen LogP contribution in [0.2, 0.25) is 0 Å². The molecule has 6 heteroatoms. The molecule has 2 unspecified atom stereocenters. The number of nitrogens with zero attached hydrogens (tertiary/aromatic N) is 1. The highest BCUT2D eigenvalue weighted by Gasteiger charge is 2.36. The molecule has 1 heterocycles. The highest BCUT2D eigenvalue weighted by Crippen LogP contribution is 2.27. The minimum Gasteiger partial charge on any atom is -0.444 e. The molecule has 128 valence electrons. The van der Waals surface area contributed by atoms with Crippen LogP contribution in [0.4, 0.5) is 9.18 Å². The highest BCUT2D eigenvalue weighted by atomic mass is 19.1. The van der Waals surface area contributed by atoms with E-state index in [4.69, 9.17) is 9.47 Å². The van der Waals surface area contributed by atoms with Crippen molar-refractivity contribution in [3.8, 4) is 0 Å². The fraction of sp³-hybridized carbons (Fsp3) is 0.588. The summed E-state index contributed by atoms with van der Waals surface area (Å²) in [6.07, 6.45) is -1.71. The molecule has 1 N–H and O–H groups in total. The average Bonchev–Trinajstić information content (AvgIpc) is 2.47. The number of benzene rings is 1. The van der Waals surface area contributed by atoms with E-state index in [1.165, 1.54) is 11.0 Å². The monoisotopic (exact) mass is 325 g/mol. The molecule has 1 fully saturated rings. The number of aliphatic hydroxyl groups is 1. The van der Waals surface area contributed by atoms with E-state index in [0.29, 0.717) is 13.2 Å². The lowest BCUT2D eigenvalue weighted by atomic mass is 9.98. The number of morpholine rings is 1. The Morgan fingerprint density at radius 1 is 1.48 bits per heavy atom. The molecule has 1 amide bonds. The van der Waals surface area contributed by atoms with Crippen molar-refractivity contribution in [3.05, 3.63) is 35.1 Å². The van der Waals surface area contributed by atoms with Gasteiger partial charge in [0.15, 0.2) is 0 Å². The van der Waals surface area contributed by atoms with Gasteiger partial charge in [-0.3, -0.25) is 4.90 Å². The SMILES string of the molecule is Cc1ccc(F)c(C(O)C2COCCN2C(=O)OC(C)(C)C)c1.